The van der Waals surface area contributed by atoms with E-state index in [0.717, 1.165) is 27.2 Å². The van der Waals surface area contributed by atoms with Gasteiger partial charge in [0.25, 0.3) is 0 Å². The number of halogens is 1. The number of aryl methyl sites for hydroxylation is 1. The molecule has 2 aromatic rings. The molecule has 0 atom stereocenters. The van der Waals surface area contributed by atoms with Gasteiger partial charge in [0.1, 0.15) is 0 Å². The van der Waals surface area contributed by atoms with Gasteiger partial charge in [-0.25, -0.2) is 9.97 Å². The summed E-state index contributed by atoms with van der Waals surface area (Å²) in [7, 11) is 0. The lowest BCUT2D eigenvalue weighted by Crippen LogP contribution is -1.99. The smallest absolute Gasteiger partial charge is 0.160 e. The minimum absolute atomic E-state index is 0.415. The van der Waals surface area contributed by atoms with E-state index in [1.54, 1.807) is 0 Å². The van der Waals surface area contributed by atoms with Crippen molar-refractivity contribution in [3.8, 4) is 11.4 Å². The molecule has 0 aliphatic rings. The fraction of sp³-hybridized carbons (Fsp3) is 0.286. The van der Waals surface area contributed by atoms with Crippen molar-refractivity contribution >= 4 is 15.9 Å². The fourth-order valence-corrected chi connectivity index (χ4v) is 2.11. The van der Waals surface area contributed by atoms with E-state index in [2.05, 4.69) is 39.7 Å². The van der Waals surface area contributed by atoms with Crippen LogP contribution in [0.5, 0.6) is 0 Å². The molecule has 1 aromatic heterocycles. The van der Waals surface area contributed by atoms with E-state index >= 15 is 0 Å². The zero-order valence-electron chi connectivity index (χ0n) is 10.2. The molecule has 0 saturated heterocycles. The minimum atomic E-state index is 0.415. The Balaban J connectivity index is 2.56. The molecule has 1 heterocycles. The van der Waals surface area contributed by atoms with Crippen molar-refractivity contribution in [2.24, 2.45) is 0 Å². The third-order valence-corrected chi connectivity index (χ3v) is 3.27. The molecule has 0 spiro atoms. The van der Waals surface area contributed by atoms with Crippen LogP contribution in [-0.4, -0.2) is 9.97 Å². The van der Waals surface area contributed by atoms with Crippen molar-refractivity contribution in [1.82, 2.24) is 9.97 Å². The number of hydrogen-bond acceptors (Lipinski definition) is 2. The first-order chi connectivity index (χ1) is 8.08. The molecule has 0 aliphatic carbocycles. The maximum atomic E-state index is 4.62. The second kappa shape index (κ2) is 4.96. The van der Waals surface area contributed by atoms with Gasteiger partial charge >= 0.3 is 0 Å². The number of hydrogen-bond donors (Lipinski definition) is 0. The van der Waals surface area contributed by atoms with Crippen LogP contribution in [0.1, 0.15) is 31.2 Å². The van der Waals surface area contributed by atoms with Gasteiger partial charge in [0.05, 0.1) is 0 Å². The van der Waals surface area contributed by atoms with Gasteiger partial charge in [-0.1, -0.05) is 48.0 Å². The first-order valence-corrected chi connectivity index (χ1v) is 6.47. The molecule has 0 unspecified atom stereocenters. The monoisotopic (exact) mass is 290 g/mol. The van der Waals surface area contributed by atoms with Crippen LogP contribution in [0.25, 0.3) is 11.4 Å². The first kappa shape index (κ1) is 12.2. The van der Waals surface area contributed by atoms with E-state index in [4.69, 9.17) is 0 Å². The molecule has 0 amide bonds. The largest absolute Gasteiger partial charge is 0.233 e. The Morgan fingerprint density at radius 1 is 1.12 bits per heavy atom. The maximum Gasteiger partial charge on any atom is 0.160 e. The Morgan fingerprint density at radius 2 is 1.82 bits per heavy atom. The summed E-state index contributed by atoms with van der Waals surface area (Å²) in [4.78, 5) is 9.13. The van der Waals surface area contributed by atoms with Crippen LogP contribution in [0, 0.1) is 6.92 Å². The fourth-order valence-electron chi connectivity index (χ4n) is 1.65. The van der Waals surface area contributed by atoms with E-state index in [-0.39, 0.29) is 0 Å². The van der Waals surface area contributed by atoms with Crippen LogP contribution >= 0.6 is 15.9 Å². The Bertz CT molecular complexity index is 535. The highest BCUT2D eigenvalue weighted by atomic mass is 79.9. The molecule has 0 N–H and O–H groups in total. The topological polar surface area (TPSA) is 25.8 Å². The Morgan fingerprint density at radius 3 is 2.47 bits per heavy atom. The van der Waals surface area contributed by atoms with E-state index < -0.39 is 0 Å². The highest BCUT2D eigenvalue weighted by Crippen LogP contribution is 2.26. The normalized spacial score (nSPS) is 10.9. The number of benzene rings is 1. The van der Waals surface area contributed by atoms with E-state index in [1.165, 1.54) is 0 Å². The molecule has 0 fully saturated rings. The average Bonchev–Trinajstić information content (AvgIpc) is 2.28. The summed E-state index contributed by atoms with van der Waals surface area (Å²) in [6, 6.07) is 10.1. The van der Waals surface area contributed by atoms with Gasteiger partial charge in [0, 0.05) is 21.4 Å². The molecule has 2 rings (SSSR count). The standard InChI is InChI=1S/C14H15BrN2/c1-9(2)13-8-10(3)16-14(17-13)11-6-4-5-7-12(11)15/h4-9H,1-3H3. The van der Waals surface area contributed by atoms with Gasteiger partial charge in [-0.3, -0.25) is 0 Å². The minimum Gasteiger partial charge on any atom is -0.233 e. The second-order valence-corrected chi connectivity index (χ2v) is 5.25. The van der Waals surface area contributed by atoms with Crippen LogP contribution in [0.3, 0.4) is 0 Å². The maximum absolute atomic E-state index is 4.62. The number of rotatable bonds is 2. The van der Waals surface area contributed by atoms with Crippen molar-refractivity contribution in [2.75, 3.05) is 0 Å². The summed E-state index contributed by atoms with van der Waals surface area (Å²) in [6.07, 6.45) is 0. The predicted molar refractivity (Wildman–Crippen MR) is 74.0 cm³/mol. The second-order valence-electron chi connectivity index (χ2n) is 4.39. The molecular weight excluding hydrogens is 276 g/mol. The molecular formula is C14H15BrN2. The van der Waals surface area contributed by atoms with E-state index in [1.807, 2.05) is 37.3 Å². The molecule has 2 nitrogen and oxygen atoms in total. The van der Waals surface area contributed by atoms with Gasteiger partial charge in [-0.15, -0.1) is 0 Å². The third-order valence-electron chi connectivity index (χ3n) is 2.58. The first-order valence-electron chi connectivity index (χ1n) is 5.68. The van der Waals surface area contributed by atoms with Crippen LogP contribution in [0.4, 0.5) is 0 Å². The predicted octanol–water partition coefficient (Wildman–Crippen LogP) is 4.34. The van der Waals surface area contributed by atoms with E-state index in [0.29, 0.717) is 5.92 Å². The zero-order chi connectivity index (χ0) is 12.4. The van der Waals surface area contributed by atoms with Gasteiger partial charge in [0.2, 0.25) is 0 Å². The third kappa shape index (κ3) is 2.72. The summed E-state index contributed by atoms with van der Waals surface area (Å²) in [5.74, 6) is 1.21. The summed E-state index contributed by atoms with van der Waals surface area (Å²) in [6.45, 7) is 6.30. The van der Waals surface area contributed by atoms with Crippen LogP contribution in [-0.2, 0) is 0 Å². The number of nitrogens with zero attached hydrogens (tertiary/aromatic N) is 2. The highest BCUT2D eigenvalue weighted by molar-refractivity contribution is 9.10. The average molecular weight is 291 g/mol. The van der Waals surface area contributed by atoms with Crippen LogP contribution in [0.2, 0.25) is 0 Å². The lowest BCUT2D eigenvalue weighted by atomic mass is 10.1. The molecule has 17 heavy (non-hydrogen) atoms. The SMILES string of the molecule is Cc1cc(C(C)C)nc(-c2ccccc2Br)n1. The molecule has 0 saturated carbocycles. The number of aromatic nitrogens is 2. The molecule has 1 aromatic carbocycles. The molecule has 88 valence electrons. The lowest BCUT2D eigenvalue weighted by Gasteiger charge is -2.09. The summed E-state index contributed by atoms with van der Waals surface area (Å²) in [5.41, 5.74) is 3.14. The van der Waals surface area contributed by atoms with Crippen molar-refractivity contribution in [1.29, 1.82) is 0 Å². The summed E-state index contributed by atoms with van der Waals surface area (Å²) in [5, 5.41) is 0. The van der Waals surface area contributed by atoms with Crippen LogP contribution in [0.15, 0.2) is 34.8 Å². The van der Waals surface area contributed by atoms with Crippen molar-refractivity contribution in [3.63, 3.8) is 0 Å². The van der Waals surface area contributed by atoms with Gasteiger partial charge in [-0.05, 0) is 25.0 Å². The summed E-state index contributed by atoms with van der Waals surface area (Å²) >= 11 is 3.54. The Kier molecular flexibility index (Phi) is 3.57. The Labute approximate surface area is 110 Å². The zero-order valence-corrected chi connectivity index (χ0v) is 11.8. The molecule has 0 bridgehead atoms. The Hall–Kier alpha value is -1.22. The van der Waals surface area contributed by atoms with Crippen LogP contribution < -0.4 is 0 Å². The molecule has 0 radical (unpaired) electrons. The lowest BCUT2D eigenvalue weighted by molar-refractivity contribution is 0.812. The van der Waals surface area contributed by atoms with E-state index in [9.17, 15) is 0 Å². The van der Waals surface area contributed by atoms with Gasteiger partial charge in [0.15, 0.2) is 5.82 Å². The van der Waals surface area contributed by atoms with Gasteiger partial charge in [-0.2, -0.15) is 0 Å². The molecule has 3 heteroatoms. The van der Waals surface area contributed by atoms with Crippen molar-refractivity contribution in [2.45, 2.75) is 26.7 Å². The van der Waals surface area contributed by atoms with Gasteiger partial charge < -0.3 is 0 Å². The highest BCUT2D eigenvalue weighted by Gasteiger charge is 2.09. The van der Waals surface area contributed by atoms with Crippen molar-refractivity contribution < 1.29 is 0 Å². The molecule has 0 aliphatic heterocycles. The summed E-state index contributed by atoms with van der Waals surface area (Å²) < 4.78 is 1.03. The quantitative estimate of drug-likeness (QED) is 0.822. The van der Waals surface area contributed by atoms with Crippen molar-refractivity contribution in [3.05, 3.63) is 46.2 Å².